The van der Waals surface area contributed by atoms with E-state index in [4.69, 9.17) is 0 Å². The molecule has 0 bridgehead atoms. The predicted molar refractivity (Wildman–Crippen MR) is 111 cm³/mol. The molecule has 0 radical (unpaired) electrons. The van der Waals surface area contributed by atoms with E-state index in [1.807, 2.05) is 68.1 Å². The summed E-state index contributed by atoms with van der Waals surface area (Å²) < 4.78 is 25.0. The van der Waals surface area contributed by atoms with Crippen molar-refractivity contribution in [2.24, 2.45) is 0 Å². The molecule has 2 atom stereocenters. The lowest BCUT2D eigenvalue weighted by Crippen LogP contribution is -2.61. The average Bonchev–Trinajstić information content (AvgIpc) is 2.95. The molecule has 0 N–H and O–H groups in total. The summed E-state index contributed by atoms with van der Waals surface area (Å²) in [6.07, 6.45) is 0. The molecule has 0 saturated carbocycles. The van der Waals surface area contributed by atoms with Gasteiger partial charge in [-0.2, -0.15) is 0 Å². The van der Waals surface area contributed by atoms with Gasteiger partial charge in [-0.3, -0.25) is 9.69 Å². The van der Waals surface area contributed by atoms with Gasteiger partial charge in [-0.1, -0.05) is 35.9 Å². The SMILES string of the molecule is Cc1ccc(CN2CC(=O)N(c3ccc(C)c(C)c3)C3CS(=O)(=O)CC32)cc1. The smallest absolute Gasteiger partial charge is 0.241 e. The second-order valence-corrected chi connectivity index (χ2v) is 10.3. The third kappa shape index (κ3) is 3.59. The van der Waals surface area contributed by atoms with E-state index in [1.54, 1.807) is 4.90 Å². The first-order valence-electron chi connectivity index (χ1n) is 9.63. The Kier molecular flexibility index (Phi) is 4.79. The highest BCUT2D eigenvalue weighted by atomic mass is 32.2. The molecule has 2 unspecified atom stereocenters. The van der Waals surface area contributed by atoms with Gasteiger partial charge >= 0.3 is 0 Å². The molecule has 2 aliphatic heterocycles. The van der Waals surface area contributed by atoms with Gasteiger partial charge in [-0.25, -0.2) is 8.42 Å². The maximum Gasteiger partial charge on any atom is 0.241 e. The Hall–Kier alpha value is -2.18. The molecule has 2 saturated heterocycles. The van der Waals surface area contributed by atoms with Crippen molar-refractivity contribution in [3.05, 3.63) is 64.7 Å². The van der Waals surface area contributed by atoms with Crippen LogP contribution >= 0.6 is 0 Å². The Balaban J connectivity index is 1.67. The number of carbonyl (C=O) groups is 1. The normalized spacial score (nSPS) is 24.4. The number of hydrogen-bond donors (Lipinski definition) is 0. The van der Waals surface area contributed by atoms with Crippen LogP contribution in [0.5, 0.6) is 0 Å². The maximum atomic E-state index is 13.1. The van der Waals surface area contributed by atoms with Crippen LogP contribution in [0.2, 0.25) is 0 Å². The maximum absolute atomic E-state index is 13.1. The first-order chi connectivity index (χ1) is 13.2. The summed E-state index contributed by atoms with van der Waals surface area (Å²) in [5.74, 6) is 0.104. The van der Waals surface area contributed by atoms with E-state index in [9.17, 15) is 13.2 Å². The van der Waals surface area contributed by atoms with Crippen LogP contribution < -0.4 is 4.90 Å². The van der Waals surface area contributed by atoms with Gasteiger partial charge in [0, 0.05) is 18.3 Å². The number of carbonyl (C=O) groups excluding carboxylic acids is 1. The molecule has 6 heteroatoms. The minimum Gasteiger partial charge on any atom is -0.306 e. The molecule has 0 spiro atoms. The summed E-state index contributed by atoms with van der Waals surface area (Å²) in [5.41, 5.74) is 5.34. The predicted octanol–water partition coefficient (Wildman–Crippen LogP) is 2.63. The first-order valence-corrected chi connectivity index (χ1v) is 11.4. The second kappa shape index (κ2) is 7.01. The van der Waals surface area contributed by atoms with Gasteiger partial charge in [0.05, 0.1) is 24.1 Å². The molecule has 2 heterocycles. The Morgan fingerprint density at radius 2 is 1.61 bits per heavy atom. The summed E-state index contributed by atoms with van der Waals surface area (Å²) in [4.78, 5) is 16.9. The van der Waals surface area contributed by atoms with Crippen LogP contribution in [0.4, 0.5) is 5.69 Å². The van der Waals surface area contributed by atoms with E-state index in [0.29, 0.717) is 6.54 Å². The fourth-order valence-corrected chi connectivity index (χ4v) is 6.25. The van der Waals surface area contributed by atoms with Crippen LogP contribution in [-0.4, -0.2) is 49.4 Å². The van der Waals surface area contributed by atoms with Gasteiger partial charge in [0.15, 0.2) is 9.84 Å². The zero-order chi connectivity index (χ0) is 20.1. The zero-order valence-corrected chi connectivity index (χ0v) is 17.4. The molecule has 2 aliphatic rings. The minimum absolute atomic E-state index is 0.0285. The van der Waals surface area contributed by atoms with E-state index in [2.05, 4.69) is 0 Å². The van der Waals surface area contributed by atoms with Crippen molar-refractivity contribution in [2.45, 2.75) is 39.4 Å². The minimum atomic E-state index is -3.18. The second-order valence-electron chi connectivity index (χ2n) is 8.13. The number of piperazine rings is 1. The van der Waals surface area contributed by atoms with Gasteiger partial charge < -0.3 is 4.90 Å². The summed E-state index contributed by atoms with van der Waals surface area (Å²) in [6.45, 7) is 6.90. The third-order valence-electron chi connectivity index (χ3n) is 5.98. The Labute approximate surface area is 166 Å². The molecule has 5 nitrogen and oxygen atoms in total. The third-order valence-corrected chi connectivity index (χ3v) is 7.67. The molecule has 2 fully saturated rings. The van der Waals surface area contributed by atoms with Crippen molar-refractivity contribution in [2.75, 3.05) is 23.0 Å². The number of fused-ring (bicyclic) bond motifs is 1. The van der Waals surface area contributed by atoms with Crippen LogP contribution in [0.25, 0.3) is 0 Å². The quantitative estimate of drug-likeness (QED) is 0.798. The van der Waals surface area contributed by atoms with E-state index >= 15 is 0 Å². The van der Waals surface area contributed by atoms with Gasteiger partial charge in [-0.05, 0) is 49.6 Å². The van der Waals surface area contributed by atoms with Crippen LogP contribution in [0.3, 0.4) is 0 Å². The van der Waals surface area contributed by atoms with Crippen LogP contribution in [0, 0.1) is 20.8 Å². The number of hydrogen-bond acceptors (Lipinski definition) is 4. The van der Waals surface area contributed by atoms with E-state index in [0.717, 1.165) is 22.4 Å². The summed E-state index contributed by atoms with van der Waals surface area (Å²) >= 11 is 0. The van der Waals surface area contributed by atoms with Crippen LogP contribution in [0.1, 0.15) is 22.3 Å². The molecule has 0 aliphatic carbocycles. The number of nitrogens with zero attached hydrogens (tertiary/aromatic N) is 2. The molecule has 4 rings (SSSR count). The highest BCUT2D eigenvalue weighted by molar-refractivity contribution is 7.91. The fourth-order valence-electron chi connectivity index (χ4n) is 4.27. The van der Waals surface area contributed by atoms with Crippen LogP contribution in [0.15, 0.2) is 42.5 Å². The van der Waals surface area contributed by atoms with E-state index < -0.39 is 9.84 Å². The van der Waals surface area contributed by atoms with Crippen molar-refractivity contribution >= 4 is 21.4 Å². The largest absolute Gasteiger partial charge is 0.306 e. The lowest BCUT2D eigenvalue weighted by Gasteiger charge is -2.43. The molecular formula is C22H26N2O3S. The number of sulfone groups is 1. The van der Waals surface area contributed by atoms with Crippen molar-refractivity contribution in [3.8, 4) is 0 Å². The van der Waals surface area contributed by atoms with Gasteiger partial charge in [-0.15, -0.1) is 0 Å². The highest BCUT2D eigenvalue weighted by Gasteiger charge is 2.49. The molecule has 2 aromatic rings. The number of aryl methyl sites for hydroxylation is 3. The summed E-state index contributed by atoms with van der Waals surface area (Å²) in [5, 5.41) is 0. The van der Waals surface area contributed by atoms with E-state index in [-0.39, 0.29) is 36.0 Å². The zero-order valence-electron chi connectivity index (χ0n) is 16.6. The molecule has 148 valence electrons. The fraction of sp³-hybridized carbons (Fsp3) is 0.409. The summed E-state index contributed by atoms with van der Waals surface area (Å²) in [6, 6.07) is 13.6. The van der Waals surface area contributed by atoms with Gasteiger partial charge in [0.1, 0.15) is 0 Å². The monoisotopic (exact) mass is 398 g/mol. The standard InChI is InChI=1S/C22H26N2O3S/c1-15-4-7-18(8-5-15)11-23-12-22(25)24(19-9-6-16(2)17(3)10-19)21-14-28(26,27)13-20(21)23/h4-10,20-21H,11-14H2,1-3H3. The molecule has 2 aromatic carbocycles. The topological polar surface area (TPSA) is 57.7 Å². The number of amides is 1. The number of anilines is 1. The van der Waals surface area contributed by atoms with Crippen molar-refractivity contribution in [1.82, 2.24) is 4.90 Å². The lowest BCUT2D eigenvalue weighted by atomic mass is 10.0. The summed E-state index contributed by atoms with van der Waals surface area (Å²) in [7, 11) is -3.18. The van der Waals surface area contributed by atoms with Gasteiger partial charge in [0.25, 0.3) is 0 Å². The molecule has 1 amide bonds. The van der Waals surface area contributed by atoms with Crippen LogP contribution in [-0.2, 0) is 21.2 Å². The van der Waals surface area contributed by atoms with Crippen molar-refractivity contribution in [1.29, 1.82) is 0 Å². The number of benzene rings is 2. The Morgan fingerprint density at radius 3 is 2.29 bits per heavy atom. The average molecular weight is 399 g/mol. The van der Waals surface area contributed by atoms with Gasteiger partial charge in [0.2, 0.25) is 5.91 Å². The molecular weight excluding hydrogens is 372 g/mol. The first kappa shape index (κ1) is 19.2. The van der Waals surface area contributed by atoms with E-state index in [1.165, 1.54) is 5.56 Å². The molecule has 0 aromatic heterocycles. The lowest BCUT2D eigenvalue weighted by molar-refractivity contribution is -0.123. The highest BCUT2D eigenvalue weighted by Crippen LogP contribution is 2.33. The Morgan fingerprint density at radius 1 is 0.929 bits per heavy atom. The number of rotatable bonds is 3. The molecule has 28 heavy (non-hydrogen) atoms. The van der Waals surface area contributed by atoms with Crippen molar-refractivity contribution < 1.29 is 13.2 Å². The Bertz CT molecular complexity index is 1010. The van der Waals surface area contributed by atoms with Crippen molar-refractivity contribution in [3.63, 3.8) is 0 Å².